The molecule has 0 radical (unpaired) electrons. The molecular formula is C7H17O4PS2. The maximum Gasteiger partial charge on any atom is 0.303 e. The number of carboxylic acids is 1. The molecule has 0 aromatic rings. The predicted molar refractivity (Wildman–Crippen MR) is 66.5 cm³/mol. The van der Waals surface area contributed by atoms with Crippen molar-refractivity contribution in [2.24, 2.45) is 0 Å². The molecule has 0 heterocycles. The van der Waals surface area contributed by atoms with Crippen molar-refractivity contribution in [2.75, 3.05) is 17.7 Å². The number of carboxylic acid groups (broad SMARTS) is 1. The second kappa shape index (κ2) is 11.6. The van der Waals surface area contributed by atoms with Crippen LogP contribution in [0, 0.1) is 0 Å². The molecule has 0 fully saturated rings. The van der Waals surface area contributed by atoms with E-state index in [-0.39, 0.29) is 17.9 Å². The van der Waals surface area contributed by atoms with Crippen molar-refractivity contribution >= 4 is 40.5 Å². The van der Waals surface area contributed by atoms with Crippen molar-refractivity contribution in [2.45, 2.75) is 18.6 Å². The molecule has 0 aromatic heterocycles. The Morgan fingerprint density at radius 2 is 1.57 bits per heavy atom. The zero-order valence-corrected chi connectivity index (χ0v) is 10.6. The maximum atomic E-state index is 9.59. The fourth-order valence-electron chi connectivity index (χ4n) is 0.367. The van der Waals surface area contributed by atoms with Crippen LogP contribution in [-0.2, 0) is 4.79 Å². The highest BCUT2D eigenvalue weighted by atomic mass is 32.1. The Kier molecular flexibility index (Phi) is 14.0. The van der Waals surface area contributed by atoms with Crippen molar-refractivity contribution in [3.05, 3.63) is 0 Å². The van der Waals surface area contributed by atoms with E-state index in [1.807, 2.05) is 0 Å². The monoisotopic (exact) mass is 260 g/mol. The van der Waals surface area contributed by atoms with Crippen LogP contribution in [0.15, 0.2) is 0 Å². The van der Waals surface area contributed by atoms with Crippen LogP contribution in [0.4, 0.5) is 0 Å². The first-order valence-corrected chi connectivity index (χ1v) is 6.07. The summed E-state index contributed by atoms with van der Waals surface area (Å²) in [6.45, 7) is 0. The average Bonchev–Trinajstić information content (AvgIpc) is 2.16. The Morgan fingerprint density at radius 3 is 1.64 bits per heavy atom. The SMILES string of the molecule is O=C(O)CCP.O[C@@H](CS)[C@@H](O)CS. The zero-order valence-electron chi connectivity index (χ0n) is 7.70. The number of rotatable bonds is 5. The number of carbonyl (C=O) groups is 1. The van der Waals surface area contributed by atoms with Gasteiger partial charge in [0.15, 0.2) is 0 Å². The van der Waals surface area contributed by atoms with Crippen molar-refractivity contribution < 1.29 is 20.1 Å². The largest absolute Gasteiger partial charge is 0.481 e. The van der Waals surface area contributed by atoms with Gasteiger partial charge in [-0.1, -0.05) is 0 Å². The summed E-state index contributed by atoms with van der Waals surface area (Å²) < 4.78 is 0. The van der Waals surface area contributed by atoms with Crippen LogP contribution in [0.3, 0.4) is 0 Å². The van der Waals surface area contributed by atoms with Gasteiger partial charge < -0.3 is 15.3 Å². The normalized spacial score (nSPS) is 13.8. The summed E-state index contributed by atoms with van der Waals surface area (Å²) in [6.07, 6.45) is -0.577. The topological polar surface area (TPSA) is 77.8 Å². The first-order valence-electron chi connectivity index (χ1n) is 3.99. The van der Waals surface area contributed by atoms with Gasteiger partial charge >= 0.3 is 5.97 Å². The maximum absolute atomic E-state index is 9.59. The molecule has 0 aromatic carbocycles. The molecule has 0 aliphatic heterocycles. The standard InChI is InChI=1S/C4H10O2S2.C3H7O2P/c5-3(1-7)4(6)2-8;4-3(5)1-2-6/h3-8H,1-2H2;1-2,6H2,(H,4,5)/t3-,4-;/m0./s1. The highest BCUT2D eigenvalue weighted by Crippen LogP contribution is 1.96. The summed E-state index contributed by atoms with van der Waals surface area (Å²) in [5, 5.41) is 25.4. The average molecular weight is 260 g/mol. The van der Waals surface area contributed by atoms with E-state index < -0.39 is 18.2 Å². The van der Waals surface area contributed by atoms with Crippen molar-refractivity contribution in [3.63, 3.8) is 0 Å². The van der Waals surface area contributed by atoms with Gasteiger partial charge in [0, 0.05) is 17.9 Å². The lowest BCUT2D eigenvalue weighted by Crippen LogP contribution is -2.28. The number of thiol groups is 2. The summed E-state index contributed by atoms with van der Waals surface area (Å²) >= 11 is 7.53. The van der Waals surface area contributed by atoms with Crippen molar-refractivity contribution in [3.8, 4) is 0 Å². The minimum absolute atomic E-state index is 0.255. The second-order valence-corrected chi connectivity index (χ2v) is 3.74. The third-order valence-electron chi connectivity index (χ3n) is 1.18. The fourth-order valence-corrected chi connectivity index (χ4v) is 1.10. The van der Waals surface area contributed by atoms with Gasteiger partial charge in [-0.05, 0) is 6.16 Å². The molecular weight excluding hydrogens is 243 g/mol. The number of hydrogen-bond acceptors (Lipinski definition) is 5. The minimum atomic E-state index is -0.740. The molecule has 0 saturated heterocycles. The first kappa shape index (κ1) is 16.9. The van der Waals surface area contributed by atoms with Crippen molar-refractivity contribution in [1.29, 1.82) is 0 Å². The van der Waals surface area contributed by atoms with Gasteiger partial charge in [-0.3, -0.25) is 4.79 Å². The van der Waals surface area contributed by atoms with Crippen LogP contribution in [0.25, 0.3) is 0 Å². The van der Waals surface area contributed by atoms with Gasteiger partial charge in [-0.2, -0.15) is 25.3 Å². The van der Waals surface area contributed by atoms with Crippen molar-refractivity contribution in [1.82, 2.24) is 0 Å². The van der Waals surface area contributed by atoms with Gasteiger partial charge in [0.25, 0.3) is 0 Å². The number of aliphatic hydroxyl groups is 2. The highest BCUT2D eigenvalue weighted by molar-refractivity contribution is 7.80. The molecule has 7 heteroatoms. The van der Waals surface area contributed by atoms with Crippen LogP contribution in [0.2, 0.25) is 0 Å². The Hall–Kier alpha value is 0.520. The van der Waals surface area contributed by atoms with Gasteiger partial charge in [-0.25, -0.2) is 0 Å². The minimum Gasteiger partial charge on any atom is -0.481 e. The molecule has 4 nitrogen and oxygen atoms in total. The van der Waals surface area contributed by atoms with Gasteiger partial charge in [0.1, 0.15) is 0 Å². The molecule has 14 heavy (non-hydrogen) atoms. The molecule has 0 bridgehead atoms. The fraction of sp³-hybridized carbons (Fsp3) is 0.857. The Bertz CT molecular complexity index is 140. The third-order valence-corrected chi connectivity index (χ3v) is 2.21. The van der Waals surface area contributed by atoms with E-state index in [1.165, 1.54) is 0 Å². The van der Waals surface area contributed by atoms with E-state index in [4.69, 9.17) is 15.3 Å². The molecule has 0 aliphatic carbocycles. The Morgan fingerprint density at radius 1 is 1.21 bits per heavy atom. The quantitative estimate of drug-likeness (QED) is 0.353. The predicted octanol–water partition coefficient (Wildman–Crippen LogP) is -0.0960. The van der Waals surface area contributed by atoms with E-state index in [0.29, 0.717) is 6.16 Å². The number of aliphatic hydroxyl groups excluding tert-OH is 2. The van der Waals surface area contributed by atoms with Gasteiger partial charge in [0.05, 0.1) is 12.2 Å². The number of hydrogen-bond donors (Lipinski definition) is 5. The van der Waals surface area contributed by atoms with Crippen LogP contribution >= 0.6 is 34.5 Å². The van der Waals surface area contributed by atoms with Gasteiger partial charge in [0.2, 0.25) is 0 Å². The highest BCUT2D eigenvalue weighted by Gasteiger charge is 2.10. The molecule has 0 aliphatic rings. The molecule has 86 valence electrons. The van der Waals surface area contributed by atoms with Crippen LogP contribution < -0.4 is 0 Å². The van der Waals surface area contributed by atoms with Crippen LogP contribution in [-0.4, -0.2) is 51.2 Å². The Balaban J connectivity index is 0. The molecule has 0 rings (SSSR count). The molecule has 0 amide bonds. The summed E-state index contributed by atoms with van der Waals surface area (Å²) in [4.78, 5) is 9.59. The molecule has 1 unspecified atom stereocenters. The lowest BCUT2D eigenvalue weighted by molar-refractivity contribution is -0.136. The zero-order chi connectivity index (χ0) is 11.6. The van der Waals surface area contributed by atoms with E-state index in [0.717, 1.165) is 0 Å². The summed E-state index contributed by atoms with van der Waals surface area (Å²) in [7, 11) is 2.34. The van der Waals surface area contributed by atoms with E-state index in [2.05, 4.69) is 34.5 Å². The third kappa shape index (κ3) is 12.5. The smallest absolute Gasteiger partial charge is 0.303 e. The lowest BCUT2D eigenvalue weighted by Gasteiger charge is -2.11. The van der Waals surface area contributed by atoms with E-state index in [1.54, 1.807) is 0 Å². The van der Waals surface area contributed by atoms with Gasteiger partial charge in [-0.15, -0.1) is 9.24 Å². The first-order chi connectivity index (χ1) is 6.49. The second-order valence-electron chi connectivity index (χ2n) is 2.43. The Labute approximate surface area is 97.1 Å². The molecule has 3 N–H and O–H groups in total. The molecule has 0 saturated carbocycles. The number of aliphatic carboxylic acids is 1. The van der Waals surface area contributed by atoms with E-state index >= 15 is 0 Å². The van der Waals surface area contributed by atoms with Crippen LogP contribution in [0.5, 0.6) is 0 Å². The summed E-state index contributed by atoms with van der Waals surface area (Å²) in [5.41, 5.74) is 0. The van der Waals surface area contributed by atoms with E-state index in [9.17, 15) is 4.79 Å². The van der Waals surface area contributed by atoms with Crippen LogP contribution in [0.1, 0.15) is 6.42 Å². The molecule has 0 spiro atoms. The molecule has 3 atom stereocenters. The lowest BCUT2D eigenvalue weighted by atomic mass is 10.3. The summed E-state index contributed by atoms with van der Waals surface area (Å²) in [5.74, 6) is -0.172. The summed E-state index contributed by atoms with van der Waals surface area (Å²) in [6, 6.07) is 0.